The molecule has 1 aromatic rings. The Hall–Kier alpha value is -1.95. The van der Waals surface area contributed by atoms with Crippen LogP contribution in [0.25, 0.3) is 0 Å². The van der Waals surface area contributed by atoms with Crippen molar-refractivity contribution >= 4 is 5.97 Å². The Bertz CT molecular complexity index is 387. The van der Waals surface area contributed by atoms with Crippen molar-refractivity contribution in [1.82, 2.24) is 0 Å². The summed E-state index contributed by atoms with van der Waals surface area (Å²) >= 11 is 0. The predicted octanol–water partition coefficient (Wildman–Crippen LogP) is 2.66. The summed E-state index contributed by atoms with van der Waals surface area (Å²) in [7, 11) is 1.36. The molecule has 0 atom stereocenters. The molecule has 3 heteroatoms. The number of ether oxygens (including phenoxy) is 2. The number of methoxy groups -OCH3 is 1. The van der Waals surface area contributed by atoms with Crippen LogP contribution in [0, 0.1) is 12.3 Å². The number of terminal acetylenes is 1. The van der Waals surface area contributed by atoms with Gasteiger partial charge in [-0.3, -0.25) is 0 Å². The number of benzene rings is 1. The van der Waals surface area contributed by atoms with Gasteiger partial charge in [-0.25, -0.2) is 4.79 Å². The van der Waals surface area contributed by atoms with E-state index in [0.29, 0.717) is 12.2 Å². The number of carbonyl (C=O) groups excluding carboxylic acids is 1. The van der Waals surface area contributed by atoms with Crippen LogP contribution in [0.3, 0.4) is 0 Å². The van der Waals surface area contributed by atoms with E-state index in [0.717, 1.165) is 25.0 Å². The zero-order valence-electron chi connectivity index (χ0n) is 9.94. The lowest BCUT2D eigenvalue weighted by molar-refractivity contribution is 0.0600. The second kappa shape index (κ2) is 7.34. The summed E-state index contributed by atoms with van der Waals surface area (Å²) in [5.41, 5.74) is 0.521. The van der Waals surface area contributed by atoms with E-state index in [4.69, 9.17) is 11.2 Å². The first-order valence-corrected chi connectivity index (χ1v) is 5.52. The lowest BCUT2D eigenvalue weighted by Gasteiger charge is -2.06. The largest absolute Gasteiger partial charge is 0.494 e. The fourth-order valence-electron chi connectivity index (χ4n) is 1.32. The molecule has 0 fully saturated rings. The molecule has 0 aliphatic rings. The Morgan fingerprint density at radius 2 is 2.00 bits per heavy atom. The summed E-state index contributed by atoms with van der Waals surface area (Å²) in [4.78, 5) is 11.2. The van der Waals surface area contributed by atoms with Crippen LogP contribution in [-0.4, -0.2) is 19.7 Å². The highest BCUT2D eigenvalue weighted by Crippen LogP contribution is 2.13. The minimum absolute atomic E-state index is 0.342. The molecule has 0 heterocycles. The van der Waals surface area contributed by atoms with Gasteiger partial charge < -0.3 is 9.47 Å². The highest BCUT2D eigenvalue weighted by molar-refractivity contribution is 5.89. The molecule has 0 spiro atoms. The first-order valence-electron chi connectivity index (χ1n) is 5.52. The fraction of sp³-hybridized carbons (Fsp3) is 0.357. The van der Waals surface area contributed by atoms with Gasteiger partial charge in [0.2, 0.25) is 0 Å². The average molecular weight is 232 g/mol. The Morgan fingerprint density at radius 1 is 1.29 bits per heavy atom. The van der Waals surface area contributed by atoms with E-state index in [-0.39, 0.29) is 5.97 Å². The predicted molar refractivity (Wildman–Crippen MR) is 66.0 cm³/mol. The maximum atomic E-state index is 11.2. The normalized spacial score (nSPS) is 9.41. The molecule has 90 valence electrons. The summed E-state index contributed by atoms with van der Waals surface area (Å²) in [5, 5.41) is 0. The van der Waals surface area contributed by atoms with Crippen LogP contribution in [0.2, 0.25) is 0 Å². The Kier molecular flexibility index (Phi) is 5.67. The minimum Gasteiger partial charge on any atom is -0.494 e. The smallest absolute Gasteiger partial charge is 0.337 e. The van der Waals surface area contributed by atoms with E-state index in [1.165, 1.54) is 7.11 Å². The quantitative estimate of drug-likeness (QED) is 0.429. The zero-order valence-corrected chi connectivity index (χ0v) is 9.94. The molecule has 0 radical (unpaired) electrons. The molecule has 0 bridgehead atoms. The molecule has 1 rings (SSSR count). The molecule has 0 amide bonds. The maximum Gasteiger partial charge on any atom is 0.337 e. The monoisotopic (exact) mass is 232 g/mol. The Balaban J connectivity index is 2.36. The van der Waals surface area contributed by atoms with Gasteiger partial charge in [-0.15, -0.1) is 12.3 Å². The first-order chi connectivity index (χ1) is 8.27. The number of hydrogen-bond donors (Lipinski definition) is 0. The molecule has 3 nitrogen and oxygen atoms in total. The summed E-state index contributed by atoms with van der Waals surface area (Å²) in [6.07, 6.45) is 7.83. The van der Waals surface area contributed by atoms with Crippen molar-refractivity contribution in [3.8, 4) is 18.1 Å². The topological polar surface area (TPSA) is 35.5 Å². The summed E-state index contributed by atoms with van der Waals surface area (Å²) in [6.45, 7) is 0.638. The van der Waals surface area contributed by atoms with Crippen LogP contribution in [0.4, 0.5) is 0 Å². The van der Waals surface area contributed by atoms with Gasteiger partial charge in [-0.1, -0.05) is 0 Å². The first kappa shape index (κ1) is 13.1. The number of rotatable bonds is 6. The minimum atomic E-state index is -0.342. The van der Waals surface area contributed by atoms with Crippen molar-refractivity contribution in [3.63, 3.8) is 0 Å². The molecular formula is C14H16O3. The third kappa shape index (κ3) is 4.60. The van der Waals surface area contributed by atoms with Gasteiger partial charge in [-0.05, 0) is 37.1 Å². The van der Waals surface area contributed by atoms with E-state index in [9.17, 15) is 4.79 Å². The molecule has 0 aromatic heterocycles. The average Bonchev–Trinajstić information content (AvgIpc) is 2.38. The van der Waals surface area contributed by atoms with Crippen LogP contribution in [-0.2, 0) is 4.74 Å². The SMILES string of the molecule is C#CCCCCOc1ccc(C(=O)OC)cc1. The molecule has 0 unspecified atom stereocenters. The molecule has 17 heavy (non-hydrogen) atoms. The zero-order chi connectivity index (χ0) is 12.5. The van der Waals surface area contributed by atoms with Gasteiger partial charge in [0.25, 0.3) is 0 Å². The van der Waals surface area contributed by atoms with Crippen LogP contribution in [0.1, 0.15) is 29.6 Å². The molecule has 0 aliphatic heterocycles. The molecular weight excluding hydrogens is 216 g/mol. The summed E-state index contributed by atoms with van der Waals surface area (Å²) in [6, 6.07) is 6.88. The van der Waals surface area contributed by atoms with Crippen molar-refractivity contribution in [2.45, 2.75) is 19.3 Å². The van der Waals surface area contributed by atoms with E-state index >= 15 is 0 Å². The third-order valence-electron chi connectivity index (χ3n) is 2.26. The van der Waals surface area contributed by atoms with Crippen LogP contribution >= 0.6 is 0 Å². The van der Waals surface area contributed by atoms with Crippen LogP contribution in [0.5, 0.6) is 5.75 Å². The number of esters is 1. The second-order valence-electron chi connectivity index (χ2n) is 3.53. The lowest BCUT2D eigenvalue weighted by Crippen LogP contribution is -2.01. The van der Waals surface area contributed by atoms with Gasteiger partial charge in [0.05, 0.1) is 19.3 Å². The van der Waals surface area contributed by atoms with Crippen molar-refractivity contribution < 1.29 is 14.3 Å². The van der Waals surface area contributed by atoms with E-state index in [1.54, 1.807) is 24.3 Å². The number of carbonyl (C=O) groups is 1. The van der Waals surface area contributed by atoms with Crippen molar-refractivity contribution in [2.24, 2.45) is 0 Å². The number of unbranched alkanes of at least 4 members (excludes halogenated alkanes) is 2. The van der Waals surface area contributed by atoms with Gasteiger partial charge in [-0.2, -0.15) is 0 Å². The van der Waals surface area contributed by atoms with Crippen molar-refractivity contribution in [2.75, 3.05) is 13.7 Å². The van der Waals surface area contributed by atoms with Crippen molar-refractivity contribution in [1.29, 1.82) is 0 Å². The molecule has 0 N–H and O–H groups in total. The van der Waals surface area contributed by atoms with E-state index < -0.39 is 0 Å². The van der Waals surface area contributed by atoms with Gasteiger partial charge in [0.1, 0.15) is 5.75 Å². The molecule has 0 saturated heterocycles. The van der Waals surface area contributed by atoms with Gasteiger partial charge >= 0.3 is 5.97 Å². The Labute approximate surface area is 102 Å². The summed E-state index contributed by atoms with van der Waals surface area (Å²) < 4.78 is 10.1. The highest BCUT2D eigenvalue weighted by atomic mass is 16.5. The van der Waals surface area contributed by atoms with Gasteiger partial charge in [0.15, 0.2) is 0 Å². The van der Waals surface area contributed by atoms with Crippen LogP contribution in [0.15, 0.2) is 24.3 Å². The van der Waals surface area contributed by atoms with Crippen molar-refractivity contribution in [3.05, 3.63) is 29.8 Å². The van der Waals surface area contributed by atoms with Gasteiger partial charge in [0, 0.05) is 6.42 Å². The molecule has 1 aromatic carbocycles. The molecule has 0 aliphatic carbocycles. The van der Waals surface area contributed by atoms with E-state index in [1.807, 2.05) is 0 Å². The molecule has 0 saturated carbocycles. The summed E-state index contributed by atoms with van der Waals surface area (Å²) in [5.74, 6) is 2.99. The lowest BCUT2D eigenvalue weighted by atomic mass is 10.2. The third-order valence-corrected chi connectivity index (χ3v) is 2.26. The Morgan fingerprint density at radius 3 is 2.59 bits per heavy atom. The maximum absolute atomic E-state index is 11.2. The standard InChI is InChI=1S/C14H16O3/c1-3-4-5-6-11-17-13-9-7-12(8-10-13)14(15)16-2/h1,7-10H,4-6,11H2,2H3. The fourth-order valence-corrected chi connectivity index (χ4v) is 1.32. The van der Waals surface area contributed by atoms with E-state index in [2.05, 4.69) is 10.7 Å². The van der Waals surface area contributed by atoms with Crippen LogP contribution < -0.4 is 4.74 Å². The second-order valence-corrected chi connectivity index (χ2v) is 3.53. The number of hydrogen-bond acceptors (Lipinski definition) is 3. The highest BCUT2D eigenvalue weighted by Gasteiger charge is 2.04.